The Balaban J connectivity index is 1.94. The molecule has 5 rings (SSSR count). The number of methoxy groups -OCH3 is 1. The maximum absolute atomic E-state index is 5.67. The van der Waals surface area contributed by atoms with Crippen LogP contribution in [0.15, 0.2) is 78.9 Å². The highest BCUT2D eigenvalue weighted by molar-refractivity contribution is 6.27. The highest BCUT2D eigenvalue weighted by atomic mass is 16.7. The third-order valence-electron chi connectivity index (χ3n) is 5.02. The molecule has 0 N–H and O–H groups in total. The van der Waals surface area contributed by atoms with Gasteiger partial charge < -0.3 is 9.47 Å². The van der Waals surface area contributed by atoms with Crippen molar-refractivity contribution in [2.45, 2.75) is 0 Å². The van der Waals surface area contributed by atoms with Crippen molar-refractivity contribution < 1.29 is 9.47 Å². The Morgan fingerprint density at radius 2 is 1.12 bits per heavy atom. The van der Waals surface area contributed by atoms with Gasteiger partial charge in [-0.15, -0.1) is 0 Å². The fourth-order valence-electron chi connectivity index (χ4n) is 3.84. The van der Waals surface area contributed by atoms with Crippen molar-refractivity contribution in [2.75, 3.05) is 13.9 Å². The van der Waals surface area contributed by atoms with Crippen molar-refractivity contribution in [1.82, 2.24) is 0 Å². The lowest BCUT2D eigenvalue weighted by atomic mass is 9.92. The first-order valence-electron chi connectivity index (χ1n) is 8.74. The van der Waals surface area contributed by atoms with Gasteiger partial charge >= 0.3 is 0 Å². The zero-order valence-corrected chi connectivity index (χ0v) is 14.5. The van der Waals surface area contributed by atoms with Crippen LogP contribution in [0.4, 0.5) is 0 Å². The van der Waals surface area contributed by atoms with Crippen molar-refractivity contribution in [2.24, 2.45) is 0 Å². The van der Waals surface area contributed by atoms with Crippen LogP contribution < -0.4 is 4.74 Å². The summed E-state index contributed by atoms with van der Waals surface area (Å²) in [4.78, 5) is 0. The summed E-state index contributed by atoms with van der Waals surface area (Å²) in [5.41, 5.74) is 0. The Morgan fingerprint density at radius 3 is 1.73 bits per heavy atom. The van der Waals surface area contributed by atoms with Crippen LogP contribution in [0.3, 0.4) is 0 Å². The smallest absolute Gasteiger partial charge is 0.188 e. The van der Waals surface area contributed by atoms with E-state index in [0.29, 0.717) is 0 Å². The number of rotatable bonds is 3. The molecule has 0 aliphatic heterocycles. The van der Waals surface area contributed by atoms with Crippen LogP contribution in [0.5, 0.6) is 5.75 Å². The molecular weight excluding hydrogens is 320 g/mol. The number of benzene rings is 5. The largest absolute Gasteiger partial charge is 0.468 e. The van der Waals surface area contributed by atoms with E-state index in [9.17, 15) is 0 Å². The Labute approximate surface area is 151 Å². The molecule has 0 radical (unpaired) electrons. The first-order chi connectivity index (χ1) is 12.8. The van der Waals surface area contributed by atoms with Crippen LogP contribution in [-0.4, -0.2) is 13.9 Å². The summed E-state index contributed by atoms with van der Waals surface area (Å²) >= 11 is 0. The Hall–Kier alpha value is -3.10. The van der Waals surface area contributed by atoms with E-state index in [2.05, 4.69) is 72.8 Å². The minimum absolute atomic E-state index is 0.252. The van der Waals surface area contributed by atoms with Crippen LogP contribution in [-0.2, 0) is 4.74 Å². The number of hydrogen-bond acceptors (Lipinski definition) is 2. The van der Waals surface area contributed by atoms with Gasteiger partial charge in [0, 0.05) is 7.11 Å². The standard InChI is InChI=1S/C24H18O2/c1-25-15-26-18-10-11-21-23-13-17-7-3-2-6-16(17)12-22(23)19-8-4-5-9-20(19)24(21)14-18/h2-14H,15H2,1H3. The van der Waals surface area contributed by atoms with Gasteiger partial charge in [-0.05, 0) is 67.4 Å². The van der Waals surface area contributed by atoms with E-state index < -0.39 is 0 Å². The van der Waals surface area contributed by atoms with E-state index in [1.165, 1.54) is 43.1 Å². The minimum atomic E-state index is 0.252. The average Bonchev–Trinajstić information content (AvgIpc) is 2.71. The van der Waals surface area contributed by atoms with Gasteiger partial charge in [0.1, 0.15) is 5.75 Å². The normalized spacial score (nSPS) is 11.6. The van der Waals surface area contributed by atoms with Gasteiger partial charge in [-0.1, -0.05) is 54.6 Å². The Kier molecular flexibility index (Phi) is 3.51. The van der Waals surface area contributed by atoms with Crippen LogP contribution in [0.2, 0.25) is 0 Å². The monoisotopic (exact) mass is 338 g/mol. The molecule has 0 saturated carbocycles. The van der Waals surface area contributed by atoms with Crippen LogP contribution in [0.1, 0.15) is 0 Å². The summed E-state index contributed by atoms with van der Waals surface area (Å²) in [7, 11) is 1.63. The van der Waals surface area contributed by atoms with E-state index in [1.807, 2.05) is 6.07 Å². The highest BCUT2D eigenvalue weighted by Crippen LogP contribution is 2.38. The van der Waals surface area contributed by atoms with Crippen molar-refractivity contribution in [3.8, 4) is 5.75 Å². The fourth-order valence-corrected chi connectivity index (χ4v) is 3.84. The van der Waals surface area contributed by atoms with E-state index in [1.54, 1.807) is 7.11 Å². The molecule has 2 heteroatoms. The van der Waals surface area contributed by atoms with E-state index >= 15 is 0 Å². The molecule has 0 atom stereocenters. The summed E-state index contributed by atoms with van der Waals surface area (Å²) in [6, 6.07) is 28.0. The molecule has 0 aromatic heterocycles. The number of hydrogen-bond donors (Lipinski definition) is 0. The van der Waals surface area contributed by atoms with Crippen LogP contribution in [0, 0.1) is 0 Å². The third-order valence-corrected chi connectivity index (χ3v) is 5.02. The SMILES string of the molecule is COCOc1ccc2c(c1)c1ccccc1c1cc3ccccc3cc21. The van der Waals surface area contributed by atoms with Crippen LogP contribution in [0.25, 0.3) is 43.1 Å². The van der Waals surface area contributed by atoms with E-state index in [-0.39, 0.29) is 6.79 Å². The van der Waals surface area contributed by atoms with Gasteiger partial charge in [0.15, 0.2) is 6.79 Å². The van der Waals surface area contributed by atoms with Crippen molar-refractivity contribution in [1.29, 1.82) is 0 Å². The van der Waals surface area contributed by atoms with Gasteiger partial charge in [0.25, 0.3) is 0 Å². The zero-order valence-electron chi connectivity index (χ0n) is 14.5. The second kappa shape index (κ2) is 6.01. The molecule has 126 valence electrons. The molecule has 0 unspecified atom stereocenters. The Morgan fingerprint density at radius 1 is 0.577 bits per heavy atom. The summed E-state index contributed by atoms with van der Waals surface area (Å²) in [5.74, 6) is 0.824. The maximum atomic E-state index is 5.67. The molecule has 5 aromatic carbocycles. The second-order valence-electron chi connectivity index (χ2n) is 6.55. The number of fused-ring (bicyclic) bond motifs is 7. The first-order valence-corrected chi connectivity index (χ1v) is 8.74. The molecule has 0 aliphatic rings. The second-order valence-corrected chi connectivity index (χ2v) is 6.55. The van der Waals surface area contributed by atoms with E-state index in [0.717, 1.165) is 5.75 Å². The van der Waals surface area contributed by atoms with Crippen LogP contribution >= 0.6 is 0 Å². The molecule has 0 spiro atoms. The lowest BCUT2D eigenvalue weighted by Gasteiger charge is -2.13. The summed E-state index contributed by atoms with van der Waals surface area (Å²) < 4.78 is 10.7. The van der Waals surface area contributed by atoms with Crippen molar-refractivity contribution >= 4 is 43.1 Å². The topological polar surface area (TPSA) is 18.5 Å². The first kappa shape index (κ1) is 15.2. The molecule has 5 aromatic rings. The van der Waals surface area contributed by atoms with E-state index in [4.69, 9.17) is 9.47 Å². The van der Waals surface area contributed by atoms with Gasteiger partial charge in [-0.2, -0.15) is 0 Å². The predicted octanol–water partition coefficient (Wildman–Crippen LogP) is 6.28. The molecule has 0 heterocycles. The lowest BCUT2D eigenvalue weighted by molar-refractivity contribution is 0.0512. The zero-order chi connectivity index (χ0) is 17.5. The molecule has 0 fully saturated rings. The summed E-state index contributed by atoms with van der Waals surface area (Å²) in [6.07, 6.45) is 0. The van der Waals surface area contributed by atoms with Gasteiger partial charge in [-0.25, -0.2) is 0 Å². The lowest BCUT2D eigenvalue weighted by Crippen LogP contribution is -1.98. The summed E-state index contributed by atoms with van der Waals surface area (Å²) in [5, 5.41) is 10.1. The predicted molar refractivity (Wildman–Crippen MR) is 109 cm³/mol. The molecule has 0 aliphatic carbocycles. The quantitative estimate of drug-likeness (QED) is 0.219. The number of ether oxygens (including phenoxy) is 2. The maximum Gasteiger partial charge on any atom is 0.188 e. The molecule has 2 nitrogen and oxygen atoms in total. The third kappa shape index (κ3) is 2.31. The van der Waals surface area contributed by atoms with Gasteiger partial charge in [-0.3, -0.25) is 0 Å². The van der Waals surface area contributed by atoms with Crippen molar-refractivity contribution in [3.05, 3.63) is 78.9 Å². The minimum Gasteiger partial charge on any atom is -0.468 e. The van der Waals surface area contributed by atoms with Gasteiger partial charge in [0.2, 0.25) is 0 Å². The average molecular weight is 338 g/mol. The molecule has 0 saturated heterocycles. The Bertz CT molecular complexity index is 1270. The molecule has 26 heavy (non-hydrogen) atoms. The van der Waals surface area contributed by atoms with Gasteiger partial charge in [0.05, 0.1) is 0 Å². The van der Waals surface area contributed by atoms with Crippen molar-refractivity contribution in [3.63, 3.8) is 0 Å². The molecule has 0 bridgehead atoms. The highest BCUT2D eigenvalue weighted by Gasteiger charge is 2.10. The summed E-state index contributed by atoms with van der Waals surface area (Å²) in [6.45, 7) is 0.252. The molecule has 0 amide bonds. The fraction of sp³-hybridized carbons (Fsp3) is 0.0833. The molecular formula is C24H18O2.